The van der Waals surface area contributed by atoms with Crippen molar-refractivity contribution >= 4 is 34.0 Å². The van der Waals surface area contributed by atoms with E-state index in [1.807, 2.05) is 60.7 Å². The van der Waals surface area contributed by atoms with Crippen LogP contribution in [0.1, 0.15) is 0 Å². The Morgan fingerprint density at radius 1 is 0.793 bits per heavy atom. The Kier molecular flexibility index (Phi) is 5.35. The molecule has 0 saturated heterocycles. The Labute approximate surface area is 173 Å². The van der Waals surface area contributed by atoms with Gasteiger partial charge in [-0.2, -0.15) is 4.98 Å². The molecule has 1 aromatic heterocycles. The average molecular weight is 408 g/mol. The van der Waals surface area contributed by atoms with Gasteiger partial charge in [-0.1, -0.05) is 18.2 Å². The molecule has 0 saturated carbocycles. The number of aromatic nitrogens is 2. The van der Waals surface area contributed by atoms with Crippen LogP contribution in [0.2, 0.25) is 5.28 Å². The van der Waals surface area contributed by atoms with Gasteiger partial charge in [0.2, 0.25) is 5.28 Å². The van der Waals surface area contributed by atoms with E-state index in [9.17, 15) is 0 Å². The molecule has 0 amide bonds. The summed E-state index contributed by atoms with van der Waals surface area (Å²) in [5.41, 5.74) is 1.48. The quantitative estimate of drug-likeness (QED) is 0.405. The van der Waals surface area contributed by atoms with Crippen LogP contribution >= 0.6 is 11.6 Å². The first-order chi connectivity index (χ1) is 14.2. The van der Waals surface area contributed by atoms with Crippen molar-refractivity contribution in [3.63, 3.8) is 0 Å². The minimum Gasteiger partial charge on any atom is -0.493 e. The molecule has 4 rings (SSSR count). The number of hydrogen-bond donors (Lipinski definition) is 1. The maximum Gasteiger partial charge on any atom is 0.224 e. The molecule has 0 spiro atoms. The summed E-state index contributed by atoms with van der Waals surface area (Å²) in [4.78, 5) is 8.61. The molecule has 29 heavy (non-hydrogen) atoms. The van der Waals surface area contributed by atoms with E-state index in [0.717, 1.165) is 22.6 Å². The molecule has 3 aromatic carbocycles. The molecule has 0 radical (unpaired) electrons. The molecule has 0 bridgehead atoms. The molecule has 6 nitrogen and oxygen atoms in total. The molecule has 0 aliphatic heterocycles. The molecule has 1 N–H and O–H groups in total. The molecule has 146 valence electrons. The standard InChI is InChI=1S/C22H18ClN3O3/c1-27-19-12-17-18(13-20(19)28-2)25-22(23)26-21(17)24-14-8-10-16(11-9-14)29-15-6-4-3-5-7-15/h3-13H,1-2H3,(H,24,25,26). The van der Waals surface area contributed by atoms with Crippen LogP contribution in [0.15, 0.2) is 66.7 Å². The minimum atomic E-state index is 0.135. The van der Waals surface area contributed by atoms with Crippen LogP contribution in [0.4, 0.5) is 11.5 Å². The third kappa shape index (κ3) is 4.17. The second-order valence-electron chi connectivity index (χ2n) is 6.13. The van der Waals surface area contributed by atoms with E-state index < -0.39 is 0 Å². The van der Waals surface area contributed by atoms with Crippen molar-refractivity contribution in [2.75, 3.05) is 19.5 Å². The SMILES string of the molecule is COc1cc2nc(Cl)nc(Nc3ccc(Oc4ccccc4)cc3)c2cc1OC. The van der Waals surface area contributed by atoms with Crippen molar-refractivity contribution in [2.24, 2.45) is 0 Å². The summed E-state index contributed by atoms with van der Waals surface area (Å²) in [6.45, 7) is 0. The predicted octanol–water partition coefficient (Wildman–Crippen LogP) is 5.84. The van der Waals surface area contributed by atoms with Crippen molar-refractivity contribution in [1.29, 1.82) is 0 Å². The van der Waals surface area contributed by atoms with Gasteiger partial charge in [-0.05, 0) is 54.1 Å². The van der Waals surface area contributed by atoms with Crippen LogP contribution in [0.5, 0.6) is 23.0 Å². The summed E-state index contributed by atoms with van der Waals surface area (Å²) >= 11 is 6.12. The van der Waals surface area contributed by atoms with Crippen LogP contribution in [0.25, 0.3) is 10.9 Å². The van der Waals surface area contributed by atoms with Gasteiger partial charge in [-0.3, -0.25) is 0 Å². The van der Waals surface area contributed by atoms with Crippen LogP contribution in [-0.4, -0.2) is 24.2 Å². The molecule has 0 atom stereocenters. The zero-order valence-electron chi connectivity index (χ0n) is 15.8. The highest BCUT2D eigenvalue weighted by Crippen LogP contribution is 2.35. The van der Waals surface area contributed by atoms with Crippen LogP contribution < -0.4 is 19.5 Å². The van der Waals surface area contributed by atoms with Gasteiger partial charge >= 0.3 is 0 Å². The van der Waals surface area contributed by atoms with Gasteiger partial charge < -0.3 is 19.5 Å². The molecule has 4 aromatic rings. The van der Waals surface area contributed by atoms with E-state index in [4.69, 9.17) is 25.8 Å². The summed E-state index contributed by atoms with van der Waals surface area (Å²) < 4.78 is 16.6. The van der Waals surface area contributed by atoms with E-state index >= 15 is 0 Å². The number of benzene rings is 3. The summed E-state index contributed by atoms with van der Waals surface area (Å²) in [5, 5.41) is 4.18. The highest BCUT2D eigenvalue weighted by atomic mass is 35.5. The monoisotopic (exact) mass is 407 g/mol. The highest BCUT2D eigenvalue weighted by Gasteiger charge is 2.13. The summed E-state index contributed by atoms with van der Waals surface area (Å²) in [5.74, 6) is 3.24. The number of halogens is 1. The average Bonchev–Trinajstić information content (AvgIpc) is 2.75. The van der Waals surface area contributed by atoms with Gasteiger partial charge in [-0.25, -0.2) is 4.98 Å². The number of para-hydroxylation sites is 1. The van der Waals surface area contributed by atoms with Crippen molar-refractivity contribution in [3.05, 3.63) is 72.0 Å². The largest absolute Gasteiger partial charge is 0.493 e. The van der Waals surface area contributed by atoms with E-state index in [2.05, 4.69) is 15.3 Å². The lowest BCUT2D eigenvalue weighted by Gasteiger charge is -2.13. The van der Waals surface area contributed by atoms with Crippen molar-refractivity contribution < 1.29 is 14.2 Å². The molecule has 7 heteroatoms. The number of nitrogens with zero attached hydrogens (tertiary/aromatic N) is 2. The number of nitrogens with one attached hydrogen (secondary N) is 1. The van der Waals surface area contributed by atoms with Crippen LogP contribution in [0, 0.1) is 0 Å². The van der Waals surface area contributed by atoms with E-state index in [1.165, 1.54) is 0 Å². The summed E-state index contributed by atoms with van der Waals surface area (Å²) in [6.07, 6.45) is 0. The smallest absolute Gasteiger partial charge is 0.224 e. The first-order valence-corrected chi connectivity index (χ1v) is 9.23. The Balaban J connectivity index is 1.63. The molecule has 0 aliphatic carbocycles. The fourth-order valence-corrected chi connectivity index (χ4v) is 3.07. The fraction of sp³-hybridized carbons (Fsp3) is 0.0909. The van der Waals surface area contributed by atoms with Gasteiger partial charge in [0.15, 0.2) is 11.5 Å². The number of fused-ring (bicyclic) bond motifs is 1. The van der Waals surface area contributed by atoms with Gasteiger partial charge in [0.1, 0.15) is 17.3 Å². The van der Waals surface area contributed by atoms with E-state index in [1.54, 1.807) is 20.3 Å². The second kappa shape index (κ2) is 8.24. The Bertz CT molecular complexity index is 1140. The first-order valence-electron chi connectivity index (χ1n) is 8.85. The topological polar surface area (TPSA) is 65.5 Å². The minimum absolute atomic E-state index is 0.135. The number of anilines is 2. The molecule has 0 fully saturated rings. The van der Waals surface area contributed by atoms with Gasteiger partial charge in [-0.15, -0.1) is 0 Å². The highest BCUT2D eigenvalue weighted by molar-refractivity contribution is 6.28. The number of ether oxygens (including phenoxy) is 3. The maximum atomic E-state index is 6.12. The third-order valence-electron chi connectivity index (χ3n) is 4.27. The fourth-order valence-electron chi connectivity index (χ4n) is 2.89. The molecule has 1 heterocycles. The van der Waals surface area contributed by atoms with Crippen LogP contribution in [0.3, 0.4) is 0 Å². The van der Waals surface area contributed by atoms with Crippen molar-refractivity contribution in [3.8, 4) is 23.0 Å². The van der Waals surface area contributed by atoms with Gasteiger partial charge in [0, 0.05) is 17.1 Å². The Morgan fingerprint density at radius 3 is 2.14 bits per heavy atom. The van der Waals surface area contributed by atoms with Crippen molar-refractivity contribution in [2.45, 2.75) is 0 Å². The van der Waals surface area contributed by atoms with Gasteiger partial charge in [0.05, 0.1) is 19.7 Å². The lowest BCUT2D eigenvalue weighted by atomic mass is 10.2. The molecule has 0 aliphatic rings. The molecular formula is C22H18ClN3O3. The lowest BCUT2D eigenvalue weighted by Crippen LogP contribution is -1.99. The van der Waals surface area contributed by atoms with E-state index in [-0.39, 0.29) is 5.28 Å². The summed E-state index contributed by atoms with van der Waals surface area (Å²) in [6, 6.07) is 20.8. The third-order valence-corrected chi connectivity index (χ3v) is 4.44. The number of rotatable bonds is 6. The first kappa shape index (κ1) is 18.8. The van der Waals surface area contributed by atoms with Gasteiger partial charge in [0.25, 0.3) is 0 Å². The van der Waals surface area contributed by atoms with Crippen LogP contribution in [-0.2, 0) is 0 Å². The normalized spacial score (nSPS) is 10.6. The second-order valence-corrected chi connectivity index (χ2v) is 6.47. The maximum absolute atomic E-state index is 6.12. The summed E-state index contributed by atoms with van der Waals surface area (Å²) in [7, 11) is 3.16. The predicted molar refractivity (Wildman–Crippen MR) is 114 cm³/mol. The number of methoxy groups -OCH3 is 2. The van der Waals surface area contributed by atoms with Crippen molar-refractivity contribution in [1.82, 2.24) is 9.97 Å². The lowest BCUT2D eigenvalue weighted by molar-refractivity contribution is 0.356. The van der Waals surface area contributed by atoms with E-state index in [0.29, 0.717) is 22.8 Å². The Hall–Kier alpha value is -3.51. The number of hydrogen-bond acceptors (Lipinski definition) is 6. The Morgan fingerprint density at radius 2 is 1.45 bits per heavy atom. The molecular weight excluding hydrogens is 390 g/mol. The molecule has 0 unspecified atom stereocenters. The zero-order valence-corrected chi connectivity index (χ0v) is 16.6. The zero-order chi connectivity index (χ0) is 20.2.